The number of thiocarbonyl (C=S) groups is 1. The van der Waals surface area contributed by atoms with Crippen molar-refractivity contribution >= 4 is 46.2 Å². The number of aromatic nitrogens is 2. The van der Waals surface area contributed by atoms with E-state index in [0.29, 0.717) is 15.8 Å². The van der Waals surface area contributed by atoms with Gasteiger partial charge in [-0.15, -0.1) is 0 Å². The predicted octanol–water partition coefficient (Wildman–Crippen LogP) is 5.90. The van der Waals surface area contributed by atoms with Crippen LogP contribution < -0.4 is 15.5 Å². The molecule has 0 spiro atoms. The summed E-state index contributed by atoms with van der Waals surface area (Å²) in [6, 6.07) is 21.5. The third-order valence-corrected chi connectivity index (χ3v) is 7.36. The van der Waals surface area contributed by atoms with Crippen molar-refractivity contribution in [2.45, 2.75) is 25.9 Å². The molecule has 1 saturated heterocycles. The molecule has 2 aromatic heterocycles. The first-order valence-corrected chi connectivity index (χ1v) is 13.0. The number of aryl methyl sites for hydroxylation is 2. The van der Waals surface area contributed by atoms with E-state index in [2.05, 4.69) is 69.4 Å². The molecule has 0 bridgehead atoms. The van der Waals surface area contributed by atoms with Crippen LogP contribution in [-0.4, -0.2) is 34.3 Å². The van der Waals surface area contributed by atoms with Crippen molar-refractivity contribution in [3.8, 4) is 5.69 Å². The maximum atomic E-state index is 12.0. The summed E-state index contributed by atoms with van der Waals surface area (Å²) in [6.07, 6.45) is 3.85. The molecule has 9 heteroatoms. The number of rotatable bonds is 7. The van der Waals surface area contributed by atoms with Crippen LogP contribution >= 0.6 is 23.8 Å². The Kier molecular flexibility index (Phi) is 7.46. The average molecular weight is 546 g/mol. The van der Waals surface area contributed by atoms with Gasteiger partial charge in [0.25, 0.3) is 0 Å². The second-order valence-corrected chi connectivity index (χ2v) is 10.0. The zero-order valence-corrected chi connectivity index (χ0v) is 22.9. The molecule has 0 aliphatic carbocycles. The Labute approximate surface area is 232 Å². The van der Waals surface area contributed by atoms with E-state index in [1.807, 2.05) is 36.4 Å². The molecule has 1 aliphatic rings. The average Bonchev–Trinajstić information content (AvgIpc) is 3.52. The molecule has 194 valence electrons. The Hall–Kier alpha value is -3.72. The van der Waals surface area contributed by atoms with Crippen LogP contribution in [0.5, 0.6) is 0 Å². The molecular weight excluding hydrogens is 518 g/mol. The summed E-state index contributed by atoms with van der Waals surface area (Å²) in [5.41, 5.74) is 6.76. The number of hydrogen-bond donors (Lipinski definition) is 2. The van der Waals surface area contributed by atoms with Gasteiger partial charge in [0.1, 0.15) is 12.6 Å². The van der Waals surface area contributed by atoms with Crippen LogP contribution in [-0.2, 0) is 9.53 Å². The maximum absolute atomic E-state index is 12.0. The lowest BCUT2D eigenvalue weighted by Gasteiger charge is -2.29. The molecule has 2 aromatic carbocycles. The Morgan fingerprint density at radius 2 is 1.89 bits per heavy atom. The number of benzene rings is 2. The molecule has 7 nitrogen and oxygen atoms in total. The fraction of sp³-hybridized carbons (Fsp3) is 0.207. The summed E-state index contributed by atoms with van der Waals surface area (Å²) >= 11 is 12.5. The molecular formula is C29H28ClN5O2S. The number of carbonyl (C=O) groups excluding carboxylic acids is 1. The summed E-state index contributed by atoms with van der Waals surface area (Å²) < 4.78 is 7.10. The lowest BCUT2D eigenvalue weighted by Crippen LogP contribution is -2.30. The Morgan fingerprint density at radius 1 is 1.08 bits per heavy atom. The Morgan fingerprint density at radius 3 is 2.61 bits per heavy atom. The normalized spacial score (nSPS) is 16.9. The highest BCUT2D eigenvalue weighted by Gasteiger charge is 2.42. The highest BCUT2D eigenvalue weighted by molar-refractivity contribution is 7.80. The second kappa shape index (κ2) is 10.9. The lowest BCUT2D eigenvalue weighted by molar-refractivity contribution is -0.119. The van der Waals surface area contributed by atoms with Crippen molar-refractivity contribution in [3.05, 3.63) is 107 Å². The van der Waals surface area contributed by atoms with Crippen LogP contribution in [0.3, 0.4) is 0 Å². The summed E-state index contributed by atoms with van der Waals surface area (Å²) in [4.78, 5) is 18.8. The third kappa shape index (κ3) is 5.03. The van der Waals surface area contributed by atoms with Gasteiger partial charge in [0, 0.05) is 36.6 Å². The number of anilines is 2. The topological polar surface area (TPSA) is 71.4 Å². The molecule has 2 atom stereocenters. The fourth-order valence-corrected chi connectivity index (χ4v) is 5.32. The van der Waals surface area contributed by atoms with E-state index < -0.39 is 0 Å². The maximum Gasteiger partial charge on any atom is 0.250 e. The van der Waals surface area contributed by atoms with E-state index in [-0.39, 0.29) is 24.6 Å². The molecule has 1 aliphatic heterocycles. The van der Waals surface area contributed by atoms with Crippen LogP contribution in [0.25, 0.3) is 5.69 Å². The number of halogens is 1. The molecule has 4 aromatic rings. The Balaban J connectivity index is 1.59. The number of carbonyl (C=O) groups is 1. The van der Waals surface area contributed by atoms with E-state index in [4.69, 9.17) is 28.6 Å². The first-order chi connectivity index (χ1) is 18.4. The van der Waals surface area contributed by atoms with Crippen molar-refractivity contribution in [1.82, 2.24) is 14.9 Å². The van der Waals surface area contributed by atoms with Crippen LogP contribution in [0, 0.1) is 13.8 Å². The van der Waals surface area contributed by atoms with Gasteiger partial charge in [-0.3, -0.25) is 9.78 Å². The fourth-order valence-electron chi connectivity index (χ4n) is 4.75. The zero-order chi connectivity index (χ0) is 26.8. The van der Waals surface area contributed by atoms with Gasteiger partial charge in [0.2, 0.25) is 5.91 Å². The minimum atomic E-state index is -0.278. The number of amides is 1. The molecule has 0 unspecified atom stereocenters. The standard InChI is InChI=1S/C29H28ClN5O2S/c1-18-9-10-20(15-19(18)2)34-14-6-8-25(34)28-27(24-7-4-5-13-31-24)33-29(38)35(28)21-11-12-23(22(30)16-21)32-26(36)17-37-3/h4-16,27-28H,17H2,1-3H3,(H,32,36)(H,33,38)/t27-,28-/m1/s1. The van der Waals surface area contributed by atoms with Gasteiger partial charge in [-0.25, -0.2) is 0 Å². The second-order valence-electron chi connectivity index (χ2n) is 9.21. The monoisotopic (exact) mass is 545 g/mol. The third-order valence-electron chi connectivity index (χ3n) is 6.73. The molecule has 0 radical (unpaired) electrons. The van der Waals surface area contributed by atoms with Crippen molar-refractivity contribution < 1.29 is 9.53 Å². The minimum absolute atomic E-state index is 0.0541. The van der Waals surface area contributed by atoms with E-state index >= 15 is 0 Å². The van der Waals surface area contributed by atoms with Crippen LogP contribution in [0.2, 0.25) is 5.02 Å². The molecule has 38 heavy (non-hydrogen) atoms. The van der Waals surface area contributed by atoms with Gasteiger partial charge in [-0.05, 0) is 91.8 Å². The summed E-state index contributed by atoms with van der Waals surface area (Å²) in [5, 5.41) is 7.23. The Bertz CT molecular complexity index is 1490. The zero-order valence-electron chi connectivity index (χ0n) is 21.3. The molecule has 3 heterocycles. The largest absolute Gasteiger partial charge is 0.375 e. The van der Waals surface area contributed by atoms with Crippen LogP contribution in [0.4, 0.5) is 11.4 Å². The quantitative estimate of drug-likeness (QED) is 0.282. The van der Waals surface area contributed by atoms with Gasteiger partial charge in [-0.1, -0.05) is 23.7 Å². The highest BCUT2D eigenvalue weighted by Crippen LogP contribution is 2.43. The summed E-state index contributed by atoms with van der Waals surface area (Å²) in [6.45, 7) is 4.17. The van der Waals surface area contributed by atoms with Gasteiger partial charge in [-0.2, -0.15) is 0 Å². The van der Waals surface area contributed by atoms with Crippen LogP contribution in [0.15, 0.2) is 79.1 Å². The predicted molar refractivity (Wildman–Crippen MR) is 155 cm³/mol. The molecule has 1 fully saturated rings. The SMILES string of the molecule is COCC(=O)Nc1ccc(N2C(=S)N[C@H](c3ccccn3)[C@H]2c2cccn2-c2ccc(C)c(C)c2)cc1Cl. The van der Waals surface area contributed by atoms with E-state index in [1.165, 1.54) is 18.2 Å². The number of ether oxygens (including phenoxy) is 1. The molecule has 2 N–H and O–H groups in total. The first-order valence-electron chi connectivity index (χ1n) is 12.2. The summed E-state index contributed by atoms with van der Waals surface area (Å²) in [5.74, 6) is -0.278. The number of pyridine rings is 1. The smallest absolute Gasteiger partial charge is 0.250 e. The minimum Gasteiger partial charge on any atom is -0.375 e. The number of methoxy groups -OCH3 is 1. The van der Waals surface area contributed by atoms with Crippen molar-refractivity contribution in [2.75, 3.05) is 23.9 Å². The van der Waals surface area contributed by atoms with Crippen molar-refractivity contribution in [2.24, 2.45) is 0 Å². The molecule has 5 rings (SSSR count). The van der Waals surface area contributed by atoms with Crippen LogP contribution in [0.1, 0.15) is 34.6 Å². The molecule has 1 amide bonds. The number of nitrogens with zero attached hydrogens (tertiary/aromatic N) is 3. The first kappa shape index (κ1) is 25.9. The highest BCUT2D eigenvalue weighted by atomic mass is 35.5. The van der Waals surface area contributed by atoms with Crippen molar-refractivity contribution in [1.29, 1.82) is 0 Å². The lowest BCUT2D eigenvalue weighted by atomic mass is 10.0. The van der Waals surface area contributed by atoms with Crippen molar-refractivity contribution in [3.63, 3.8) is 0 Å². The number of nitrogens with one attached hydrogen (secondary N) is 2. The van der Waals surface area contributed by atoms with E-state index in [0.717, 1.165) is 22.8 Å². The number of hydrogen-bond acceptors (Lipinski definition) is 4. The van der Waals surface area contributed by atoms with Gasteiger partial charge >= 0.3 is 0 Å². The van der Waals surface area contributed by atoms with E-state index in [9.17, 15) is 4.79 Å². The van der Waals surface area contributed by atoms with Gasteiger partial charge < -0.3 is 24.8 Å². The van der Waals surface area contributed by atoms with E-state index in [1.54, 1.807) is 12.3 Å². The summed E-state index contributed by atoms with van der Waals surface area (Å²) in [7, 11) is 1.47. The molecule has 0 saturated carbocycles. The van der Waals surface area contributed by atoms with Gasteiger partial charge in [0.15, 0.2) is 5.11 Å². The van der Waals surface area contributed by atoms with Gasteiger partial charge in [0.05, 0.1) is 22.4 Å².